The van der Waals surface area contributed by atoms with E-state index < -0.39 is 0 Å². The Morgan fingerprint density at radius 3 is 1.43 bits per heavy atom. The molecule has 0 N–H and O–H groups in total. The Hall–Kier alpha value is -2.88. The summed E-state index contributed by atoms with van der Waals surface area (Å²) in [5, 5.41) is 0. The highest BCUT2D eigenvalue weighted by atomic mass is 16.5. The normalized spacial score (nSPS) is 10.7. The molecule has 0 aliphatic rings. The zero-order valence-electron chi connectivity index (χ0n) is 16.2. The number of unbranched alkanes of at least 4 members (excludes halogenated alkanes) is 2. The van der Waals surface area contributed by atoms with Crippen LogP contribution >= 0.6 is 0 Å². The largest absolute Gasteiger partial charge is 0.461 e. The van der Waals surface area contributed by atoms with Gasteiger partial charge in [0.1, 0.15) is 13.2 Å². The van der Waals surface area contributed by atoms with Crippen molar-refractivity contribution in [3.05, 3.63) is 83.9 Å². The predicted molar refractivity (Wildman–Crippen MR) is 109 cm³/mol. The fourth-order valence-electron chi connectivity index (χ4n) is 2.58. The number of esters is 2. The van der Waals surface area contributed by atoms with Crippen molar-refractivity contribution < 1.29 is 19.1 Å². The second-order valence-corrected chi connectivity index (χ2v) is 6.55. The van der Waals surface area contributed by atoms with Crippen molar-refractivity contribution in [1.29, 1.82) is 0 Å². The van der Waals surface area contributed by atoms with Crippen molar-refractivity contribution in [2.24, 2.45) is 0 Å². The fourth-order valence-corrected chi connectivity index (χ4v) is 2.58. The van der Waals surface area contributed by atoms with Crippen LogP contribution in [-0.2, 0) is 32.3 Å². The van der Waals surface area contributed by atoms with Gasteiger partial charge >= 0.3 is 11.9 Å². The molecule has 2 rings (SSSR count). The lowest BCUT2D eigenvalue weighted by Gasteiger charge is -2.04. The molecule has 148 valence electrons. The van der Waals surface area contributed by atoms with Gasteiger partial charge < -0.3 is 9.47 Å². The molecule has 0 spiro atoms. The van der Waals surface area contributed by atoms with Crippen LogP contribution < -0.4 is 0 Å². The highest BCUT2D eigenvalue weighted by Crippen LogP contribution is 2.07. The Bertz CT molecular complexity index is 659. The summed E-state index contributed by atoms with van der Waals surface area (Å²) in [5.41, 5.74) is 2.00. The molecule has 28 heavy (non-hydrogen) atoms. The van der Waals surface area contributed by atoms with Gasteiger partial charge in [0.05, 0.1) is 0 Å². The SMILES string of the molecule is O=C(CCC/C=C/CCCC(=O)OCc1ccccc1)OCc1ccccc1. The van der Waals surface area contributed by atoms with Gasteiger partial charge in [-0.05, 0) is 36.8 Å². The van der Waals surface area contributed by atoms with Gasteiger partial charge in [-0.25, -0.2) is 0 Å². The van der Waals surface area contributed by atoms with Gasteiger partial charge in [0.15, 0.2) is 0 Å². The van der Waals surface area contributed by atoms with Crippen LogP contribution in [0.1, 0.15) is 49.7 Å². The first-order valence-electron chi connectivity index (χ1n) is 9.78. The number of allylic oxidation sites excluding steroid dienone is 2. The molecule has 0 atom stereocenters. The molecule has 0 aromatic heterocycles. The average Bonchev–Trinajstić information content (AvgIpc) is 2.74. The average molecular weight is 380 g/mol. The van der Waals surface area contributed by atoms with Crippen LogP contribution in [0.2, 0.25) is 0 Å². The molecule has 0 saturated heterocycles. The lowest BCUT2D eigenvalue weighted by atomic mass is 10.2. The van der Waals surface area contributed by atoms with E-state index in [0.29, 0.717) is 26.1 Å². The van der Waals surface area contributed by atoms with Crippen LogP contribution in [-0.4, -0.2) is 11.9 Å². The fraction of sp³-hybridized carbons (Fsp3) is 0.333. The number of hydrogen-bond donors (Lipinski definition) is 0. The maximum Gasteiger partial charge on any atom is 0.306 e. The summed E-state index contributed by atoms with van der Waals surface area (Å²) in [5.74, 6) is -0.336. The van der Waals surface area contributed by atoms with Crippen molar-refractivity contribution >= 4 is 11.9 Å². The smallest absolute Gasteiger partial charge is 0.306 e. The van der Waals surface area contributed by atoms with E-state index in [-0.39, 0.29) is 11.9 Å². The summed E-state index contributed by atoms with van der Waals surface area (Å²) in [6.45, 7) is 0.659. The van der Waals surface area contributed by atoms with E-state index in [4.69, 9.17) is 9.47 Å². The Morgan fingerprint density at radius 1 is 0.643 bits per heavy atom. The summed E-state index contributed by atoms with van der Waals surface area (Å²) in [4.78, 5) is 23.4. The Kier molecular flexibility index (Phi) is 10.2. The molecule has 0 heterocycles. The molecule has 0 amide bonds. The second kappa shape index (κ2) is 13.3. The van der Waals surface area contributed by atoms with Crippen LogP contribution in [0.15, 0.2) is 72.8 Å². The van der Waals surface area contributed by atoms with Gasteiger partial charge in [-0.15, -0.1) is 0 Å². The third kappa shape index (κ3) is 9.72. The van der Waals surface area contributed by atoms with E-state index in [1.165, 1.54) is 0 Å². The molecule has 0 aliphatic carbocycles. The maximum atomic E-state index is 11.7. The van der Waals surface area contributed by atoms with Crippen molar-refractivity contribution in [1.82, 2.24) is 0 Å². The summed E-state index contributed by atoms with van der Waals surface area (Å²) in [7, 11) is 0. The molecular formula is C24H28O4. The molecule has 0 radical (unpaired) electrons. The molecule has 0 aliphatic heterocycles. The minimum absolute atomic E-state index is 0.168. The van der Waals surface area contributed by atoms with Crippen LogP contribution in [0.3, 0.4) is 0 Å². The van der Waals surface area contributed by atoms with Gasteiger partial charge in [0.2, 0.25) is 0 Å². The van der Waals surface area contributed by atoms with Crippen LogP contribution in [0.4, 0.5) is 0 Å². The van der Waals surface area contributed by atoms with E-state index in [0.717, 1.165) is 36.8 Å². The number of carbonyl (C=O) groups is 2. The van der Waals surface area contributed by atoms with Crippen molar-refractivity contribution in [2.45, 2.75) is 51.7 Å². The maximum absolute atomic E-state index is 11.7. The molecule has 0 bridgehead atoms. The first-order valence-corrected chi connectivity index (χ1v) is 9.78. The lowest BCUT2D eigenvalue weighted by Crippen LogP contribution is -2.04. The highest BCUT2D eigenvalue weighted by molar-refractivity contribution is 5.69. The lowest BCUT2D eigenvalue weighted by molar-refractivity contribution is -0.146. The van der Waals surface area contributed by atoms with Gasteiger partial charge in [0.25, 0.3) is 0 Å². The molecule has 4 heteroatoms. The minimum atomic E-state index is -0.168. The Balaban J connectivity index is 1.44. The van der Waals surface area contributed by atoms with Gasteiger partial charge in [-0.3, -0.25) is 9.59 Å². The third-order valence-electron chi connectivity index (χ3n) is 4.16. The number of benzene rings is 2. The summed E-state index contributed by atoms with van der Waals surface area (Å²) in [6.07, 6.45) is 8.15. The Morgan fingerprint density at radius 2 is 1.04 bits per heavy atom. The zero-order chi connectivity index (χ0) is 19.9. The summed E-state index contributed by atoms with van der Waals surface area (Å²) >= 11 is 0. The third-order valence-corrected chi connectivity index (χ3v) is 4.16. The predicted octanol–water partition coefficient (Wildman–Crippen LogP) is 5.37. The minimum Gasteiger partial charge on any atom is -0.461 e. The van der Waals surface area contributed by atoms with Gasteiger partial charge in [-0.2, -0.15) is 0 Å². The highest BCUT2D eigenvalue weighted by Gasteiger charge is 2.03. The summed E-state index contributed by atoms with van der Waals surface area (Å²) < 4.78 is 10.5. The van der Waals surface area contributed by atoms with E-state index in [1.54, 1.807) is 0 Å². The molecule has 2 aromatic rings. The number of carbonyl (C=O) groups excluding carboxylic acids is 2. The van der Waals surface area contributed by atoms with Gasteiger partial charge in [0, 0.05) is 12.8 Å². The quantitative estimate of drug-likeness (QED) is 0.282. The topological polar surface area (TPSA) is 52.6 Å². The summed E-state index contributed by atoms with van der Waals surface area (Å²) in [6, 6.07) is 19.3. The van der Waals surface area contributed by atoms with Crippen molar-refractivity contribution in [2.75, 3.05) is 0 Å². The molecule has 4 nitrogen and oxygen atoms in total. The van der Waals surface area contributed by atoms with Crippen molar-refractivity contribution in [3.63, 3.8) is 0 Å². The molecular weight excluding hydrogens is 352 g/mol. The van der Waals surface area contributed by atoms with E-state index in [9.17, 15) is 9.59 Å². The standard InChI is InChI=1S/C24H28O4/c25-23(27-19-21-13-7-5-8-14-21)17-11-3-1-2-4-12-18-24(26)28-20-22-15-9-6-10-16-22/h1-2,5-10,13-16H,3-4,11-12,17-20H2/b2-1+. The van der Waals surface area contributed by atoms with Crippen LogP contribution in [0, 0.1) is 0 Å². The number of ether oxygens (including phenoxy) is 2. The van der Waals surface area contributed by atoms with Crippen molar-refractivity contribution in [3.8, 4) is 0 Å². The Labute approximate surface area is 167 Å². The second-order valence-electron chi connectivity index (χ2n) is 6.55. The molecule has 2 aromatic carbocycles. The first kappa shape index (κ1) is 21.4. The number of hydrogen-bond acceptors (Lipinski definition) is 4. The van der Waals surface area contributed by atoms with E-state index >= 15 is 0 Å². The van der Waals surface area contributed by atoms with E-state index in [2.05, 4.69) is 12.2 Å². The molecule has 0 saturated carbocycles. The zero-order valence-corrected chi connectivity index (χ0v) is 16.2. The van der Waals surface area contributed by atoms with Crippen LogP contribution in [0.5, 0.6) is 0 Å². The number of rotatable bonds is 12. The molecule has 0 unspecified atom stereocenters. The first-order chi connectivity index (χ1) is 13.7. The molecule has 0 fully saturated rings. The van der Waals surface area contributed by atoms with Crippen LogP contribution in [0.25, 0.3) is 0 Å². The van der Waals surface area contributed by atoms with Gasteiger partial charge in [-0.1, -0.05) is 72.8 Å². The van der Waals surface area contributed by atoms with E-state index in [1.807, 2.05) is 60.7 Å². The monoisotopic (exact) mass is 380 g/mol.